The van der Waals surface area contributed by atoms with E-state index in [0.29, 0.717) is 22.1 Å². The average molecular weight is 375 g/mol. The molecule has 5 nitrogen and oxygen atoms in total. The van der Waals surface area contributed by atoms with Gasteiger partial charge in [-0.3, -0.25) is 9.59 Å². The maximum absolute atomic E-state index is 12.4. The molecule has 0 saturated heterocycles. The molecule has 0 aliphatic carbocycles. The van der Waals surface area contributed by atoms with Crippen LogP contribution in [0.1, 0.15) is 27.7 Å². The van der Waals surface area contributed by atoms with Crippen molar-refractivity contribution in [3.05, 3.63) is 53.6 Å². The van der Waals surface area contributed by atoms with Crippen molar-refractivity contribution < 1.29 is 14.3 Å². The van der Waals surface area contributed by atoms with Crippen molar-refractivity contribution in [2.24, 2.45) is 5.41 Å². The summed E-state index contributed by atoms with van der Waals surface area (Å²) in [6.07, 6.45) is -0.734. The van der Waals surface area contributed by atoms with Gasteiger partial charge in [-0.25, -0.2) is 0 Å². The molecular weight excluding hydrogens is 352 g/mol. The van der Waals surface area contributed by atoms with Crippen molar-refractivity contribution >= 4 is 34.8 Å². The highest BCUT2D eigenvalue weighted by Gasteiger charge is 2.21. The summed E-state index contributed by atoms with van der Waals surface area (Å²) in [4.78, 5) is 24.4. The van der Waals surface area contributed by atoms with E-state index in [2.05, 4.69) is 10.6 Å². The lowest BCUT2D eigenvalue weighted by atomic mass is 9.95. The molecule has 2 aromatic rings. The SMILES string of the molecule is CC(Oc1ccccc1Cl)C(=O)Nc1cccc(NC(=O)C(C)(C)C)c1. The molecule has 0 aromatic heterocycles. The van der Waals surface area contributed by atoms with Crippen LogP contribution in [0.2, 0.25) is 5.02 Å². The first-order chi connectivity index (χ1) is 12.2. The molecule has 0 aliphatic rings. The van der Waals surface area contributed by atoms with Gasteiger partial charge in [0.2, 0.25) is 5.91 Å². The summed E-state index contributed by atoms with van der Waals surface area (Å²) in [5.74, 6) is 0.0311. The summed E-state index contributed by atoms with van der Waals surface area (Å²) in [5, 5.41) is 6.05. The summed E-state index contributed by atoms with van der Waals surface area (Å²) < 4.78 is 5.60. The van der Waals surface area contributed by atoms with Gasteiger partial charge in [0.25, 0.3) is 5.91 Å². The highest BCUT2D eigenvalue weighted by Crippen LogP contribution is 2.25. The standard InChI is InChI=1S/C20H23ClN2O3/c1-13(26-17-11-6-5-10-16(17)21)18(24)22-14-8-7-9-15(12-14)23-19(25)20(2,3)4/h5-13H,1-4H3,(H,22,24)(H,23,25). The Morgan fingerprint density at radius 3 is 2.23 bits per heavy atom. The van der Waals surface area contributed by atoms with Crippen LogP contribution in [-0.2, 0) is 9.59 Å². The van der Waals surface area contributed by atoms with Crippen molar-refractivity contribution in [3.8, 4) is 5.75 Å². The minimum atomic E-state index is -0.734. The second-order valence-electron chi connectivity index (χ2n) is 6.96. The van der Waals surface area contributed by atoms with Crippen LogP contribution in [0.25, 0.3) is 0 Å². The van der Waals surface area contributed by atoms with Gasteiger partial charge in [-0.05, 0) is 37.3 Å². The zero-order valence-corrected chi connectivity index (χ0v) is 16.1. The largest absolute Gasteiger partial charge is 0.479 e. The van der Waals surface area contributed by atoms with E-state index in [4.69, 9.17) is 16.3 Å². The molecule has 2 amide bonds. The molecule has 1 unspecified atom stereocenters. The van der Waals surface area contributed by atoms with Crippen LogP contribution in [0, 0.1) is 5.41 Å². The Kier molecular flexibility index (Phi) is 6.27. The predicted molar refractivity (Wildman–Crippen MR) is 105 cm³/mol. The molecule has 138 valence electrons. The minimum Gasteiger partial charge on any atom is -0.479 e. The zero-order chi connectivity index (χ0) is 19.3. The molecule has 0 aliphatic heterocycles. The van der Waals surface area contributed by atoms with Gasteiger partial charge in [0.15, 0.2) is 6.10 Å². The number of carbonyl (C=O) groups excluding carboxylic acids is 2. The monoisotopic (exact) mass is 374 g/mol. The summed E-state index contributed by atoms with van der Waals surface area (Å²) in [6, 6.07) is 13.9. The van der Waals surface area contributed by atoms with Gasteiger partial charge in [-0.1, -0.05) is 50.6 Å². The Balaban J connectivity index is 2.01. The van der Waals surface area contributed by atoms with Gasteiger partial charge >= 0.3 is 0 Å². The fraction of sp³-hybridized carbons (Fsp3) is 0.300. The number of anilines is 2. The van der Waals surface area contributed by atoms with Gasteiger partial charge < -0.3 is 15.4 Å². The van der Waals surface area contributed by atoms with E-state index in [0.717, 1.165) is 0 Å². The first kappa shape index (κ1) is 19.8. The van der Waals surface area contributed by atoms with Crippen molar-refractivity contribution in [1.82, 2.24) is 0 Å². The molecule has 2 N–H and O–H groups in total. The summed E-state index contributed by atoms with van der Waals surface area (Å²) >= 11 is 6.04. The smallest absolute Gasteiger partial charge is 0.265 e. The van der Waals surface area contributed by atoms with Crippen LogP contribution in [0.4, 0.5) is 11.4 Å². The van der Waals surface area contributed by atoms with E-state index >= 15 is 0 Å². The minimum absolute atomic E-state index is 0.101. The Labute approximate surface area is 158 Å². The van der Waals surface area contributed by atoms with E-state index in [9.17, 15) is 9.59 Å². The van der Waals surface area contributed by atoms with Crippen LogP contribution >= 0.6 is 11.6 Å². The summed E-state index contributed by atoms with van der Waals surface area (Å²) in [7, 11) is 0. The molecule has 0 spiro atoms. The normalized spacial score (nSPS) is 12.2. The maximum Gasteiger partial charge on any atom is 0.265 e. The topological polar surface area (TPSA) is 67.4 Å². The molecule has 26 heavy (non-hydrogen) atoms. The second kappa shape index (κ2) is 8.23. The van der Waals surface area contributed by atoms with Crippen molar-refractivity contribution in [2.45, 2.75) is 33.8 Å². The number of halogens is 1. The van der Waals surface area contributed by atoms with Crippen LogP contribution in [0.5, 0.6) is 5.75 Å². The van der Waals surface area contributed by atoms with Gasteiger partial charge in [0, 0.05) is 16.8 Å². The predicted octanol–water partition coefficient (Wildman–Crippen LogP) is 4.73. The van der Waals surface area contributed by atoms with E-state index < -0.39 is 11.5 Å². The first-order valence-electron chi connectivity index (χ1n) is 8.30. The van der Waals surface area contributed by atoms with Crippen molar-refractivity contribution in [3.63, 3.8) is 0 Å². The molecule has 0 radical (unpaired) electrons. The number of benzene rings is 2. The lowest BCUT2D eigenvalue weighted by Gasteiger charge is -2.18. The highest BCUT2D eigenvalue weighted by atomic mass is 35.5. The van der Waals surface area contributed by atoms with E-state index in [1.54, 1.807) is 55.5 Å². The highest BCUT2D eigenvalue weighted by molar-refractivity contribution is 6.32. The second-order valence-corrected chi connectivity index (χ2v) is 7.37. The van der Waals surface area contributed by atoms with Crippen LogP contribution in [-0.4, -0.2) is 17.9 Å². The third kappa shape index (κ3) is 5.49. The zero-order valence-electron chi connectivity index (χ0n) is 15.3. The van der Waals surface area contributed by atoms with Crippen molar-refractivity contribution in [1.29, 1.82) is 0 Å². The molecule has 2 rings (SSSR count). The third-order valence-corrected chi connectivity index (χ3v) is 3.89. The van der Waals surface area contributed by atoms with Gasteiger partial charge in [0.05, 0.1) is 5.02 Å². The van der Waals surface area contributed by atoms with Gasteiger partial charge in [-0.15, -0.1) is 0 Å². The third-order valence-electron chi connectivity index (χ3n) is 3.58. The Hall–Kier alpha value is -2.53. The fourth-order valence-corrected chi connectivity index (χ4v) is 2.20. The van der Waals surface area contributed by atoms with E-state index in [1.807, 2.05) is 20.8 Å². The number of nitrogens with one attached hydrogen (secondary N) is 2. The Morgan fingerprint density at radius 2 is 1.62 bits per heavy atom. The number of hydrogen-bond donors (Lipinski definition) is 2. The first-order valence-corrected chi connectivity index (χ1v) is 8.68. The van der Waals surface area contributed by atoms with Crippen LogP contribution < -0.4 is 15.4 Å². The molecule has 2 aromatic carbocycles. The number of carbonyl (C=O) groups is 2. The van der Waals surface area contributed by atoms with Crippen molar-refractivity contribution in [2.75, 3.05) is 10.6 Å². The Bertz CT molecular complexity index is 800. The van der Waals surface area contributed by atoms with Crippen LogP contribution in [0.3, 0.4) is 0 Å². The molecule has 0 bridgehead atoms. The molecule has 0 saturated carbocycles. The Morgan fingerprint density at radius 1 is 1.00 bits per heavy atom. The lowest BCUT2D eigenvalue weighted by Crippen LogP contribution is -2.30. The number of amides is 2. The van der Waals surface area contributed by atoms with Gasteiger partial charge in [0.1, 0.15) is 5.75 Å². The summed E-state index contributed by atoms with van der Waals surface area (Å²) in [5.41, 5.74) is 0.676. The quantitative estimate of drug-likeness (QED) is 0.794. The molecule has 0 heterocycles. The molecule has 6 heteroatoms. The number of rotatable bonds is 5. The van der Waals surface area contributed by atoms with Gasteiger partial charge in [-0.2, -0.15) is 0 Å². The van der Waals surface area contributed by atoms with Crippen LogP contribution in [0.15, 0.2) is 48.5 Å². The van der Waals surface area contributed by atoms with E-state index in [1.165, 1.54) is 0 Å². The lowest BCUT2D eigenvalue weighted by molar-refractivity contribution is -0.123. The summed E-state index contributed by atoms with van der Waals surface area (Å²) in [6.45, 7) is 7.15. The van der Waals surface area contributed by atoms with E-state index in [-0.39, 0.29) is 11.8 Å². The average Bonchev–Trinajstić information content (AvgIpc) is 2.56. The molecule has 0 fully saturated rings. The maximum atomic E-state index is 12.4. The molecular formula is C20H23ClN2O3. The fourth-order valence-electron chi connectivity index (χ4n) is 2.02. The molecule has 1 atom stereocenters. The number of ether oxygens (including phenoxy) is 1. The number of hydrogen-bond acceptors (Lipinski definition) is 3. The number of para-hydroxylation sites is 1.